The van der Waals surface area contributed by atoms with Crippen LogP contribution in [0.2, 0.25) is 0 Å². The molecule has 0 spiro atoms. The van der Waals surface area contributed by atoms with Crippen molar-refractivity contribution < 1.29 is 23.0 Å². The summed E-state index contributed by atoms with van der Waals surface area (Å²) in [4.78, 5) is 21.0. The lowest BCUT2D eigenvalue weighted by Gasteiger charge is -2.33. The number of halogens is 2. The lowest BCUT2D eigenvalue weighted by molar-refractivity contribution is -0.0499. The monoisotopic (exact) mass is 419 g/mol. The van der Waals surface area contributed by atoms with Crippen LogP contribution < -0.4 is 14.8 Å². The Balaban J connectivity index is 1.56. The minimum atomic E-state index is -2.84. The number of nitrogens with zero attached hydrogens (tertiary/aromatic N) is 2. The van der Waals surface area contributed by atoms with E-state index in [2.05, 4.69) is 26.9 Å². The summed E-state index contributed by atoms with van der Waals surface area (Å²) in [5.41, 5.74) is 1.29. The quantitative estimate of drug-likeness (QED) is 0.679. The standard InChI is InChI=1S/C22H27F2N3O3/c1-3-18(27-21(28)16-8-9-20(29-2)26-13-16)14-4-6-15(7-5-14)19-12-17(10-11-25-19)30-22(23)24/h8-15,18,22H,3-7H2,1-2H3,(H,27,28)/t14?,15?,18-/m0/s1. The van der Waals surface area contributed by atoms with Crippen LogP contribution in [0.3, 0.4) is 0 Å². The molecule has 6 nitrogen and oxygen atoms in total. The van der Waals surface area contributed by atoms with Crippen LogP contribution in [0.4, 0.5) is 8.78 Å². The van der Waals surface area contributed by atoms with E-state index in [9.17, 15) is 13.6 Å². The fourth-order valence-electron chi connectivity index (χ4n) is 4.09. The van der Waals surface area contributed by atoms with Crippen molar-refractivity contribution in [1.82, 2.24) is 15.3 Å². The lowest BCUT2D eigenvalue weighted by Crippen LogP contribution is -2.41. The molecular weight excluding hydrogens is 392 g/mol. The SMILES string of the molecule is CC[C@H](NC(=O)c1ccc(OC)nc1)C1CCC(c2cc(OC(F)F)ccn2)CC1. The minimum absolute atomic E-state index is 0.0713. The van der Waals surface area contributed by atoms with Crippen molar-refractivity contribution in [1.29, 1.82) is 0 Å². The maximum atomic E-state index is 12.6. The van der Waals surface area contributed by atoms with Crippen molar-refractivity contribution in [3.05, 3.63) is 47.9 Å². The van der Waals surface area contributed by atoms with Gasteiger partial charge in [-0.25, -0.2) is 4.98 Å². The Bertz CT molecular complexity index is 825. The maximum absolute atomic E-state index is 12.6. The molecule has 2 heterocycles. The molecule has 0 radical (unpaired) electrons. The van der Waals surface area contributed by atoms with Gasteiger partial charge in [0.15, 0.2) is 0 Å². The van der Waals surface area contributed by atoms with Gasteiger partial charge in [-0.15, -0.1) is 0 Å². The van der Waals surface area contributed by atoms with E-state index >= 15 is 0 Å². The normalized spacial score (nSPS) is 19.9. The molecule has 162 valence electrons. The molecule has 30 heavy (non-hydrogen) atoms. The molecule has 0 unspecified atom stereocenters. The lowest BCUT2D eigenvalue weighted by atomic mass is 9.76. The van der Waals surface area contributed by atoms with Crippen LogP contribution in [0.25, 0.3) is 0 Å². The van der Waals surface area contributed by atoms with Crippen LogP contribution in [0.15, 0.2) is 36.7 Å². The minimum Gasteiger partial charge on any atom is -0.481 e. The Morgan fingerprint density at radius 3 is 2.57 bits per heavy atom. The van der Waals surface area contributed by atoms with Crippen molar-refractivity contribution in [2.75, 3.05) is 7.11 Å². The number of hydrogen-bond donors (Lipinski definition) is 1. The van der Waals surface area contributed by atoms with E-state index in [1.54, 1.807) is 18.2 Å². The second-order valence-electron chi connectivity index (χ2n) is 7.48. The molecule has 2 aromatic rings. The third-order valence-corrected chi connectivity index (χ3v) is 5.70. The topological polar surface area (TPSA) is 73.3 Å². The fourth-order valence-corrected chi connectivity index (χ4v) is 4.09. The second kappa shape index (κ2) is 10.3. The Labute approximate surface area is 175 Å². The average Bonchev–Trinajstić information content (AvgIpc) is 2.77. The zero-order valence-electron chi connectivity index (χ0n) is 17.2. The third-order valence-electron chi connectivity index (χ3n) is 5.70. The summed E-state index contributed by atoms with van der Waals surface area (Å²) in [7, 11) is 1.53. The first-order valence-corrected chi connectivity index (χ1v) is 10.2. The number of alkyl halides is 2. The van der Waals surface area contributed by atoms with Gasteiger partial charge in [0, 0.05) is 42.2 Å². The molecule has 1 fully saturated rings. The Morgan fingerprint density at radius 2 is 1.97 bits per heavy atom. The van der Waals surface area contributed by atoms with Gasteiger partial charge in [0.1, 0.15) is 5.75 Å². The van der Waals surface area contributed by atoms with Gasteiger partial charge in [-0.1, -0.05) is 6.92 Å². The van der Waals surface area contributed by atoms with Crippen LogP contribution in [-0.2, 0) is 0 Å². The molecule has 1 amide bonds. The van der Waals surface area contributed by atoms with Gasteiger partial charge in [0.2, 0.25) is 5.88 Å². The van der Waals surface area contributed by atoms with E-state index in [4.69, 9.17) is 4.74 Å². The Kier molecular flexibility index (Phi) is 7.54. The average molecular weight is 419 g/mol. The highest BCUT2D eigenvalue weighted by Crippen LogP contribution is 2.37. The largest absolute Gasteiger partial charge is 0.481 e. The number of aromatic nitrogens is 2. The smallest absolute Gasteiger partial charge is 0.387 e. The van der Waals surface area contributed by atoms with Crippen LogP contribution in [0, 0.1) is 5.92 Å². The summed E-state index contributed by atoms with van der Waals surface area (Å²) < 4.78 is 34.4. The highest BCUT2D eigenvalue weighted by Gasteiger charge is 2.29. The van der Waals surface area contributed by atoms with Gasteiger partial charge in [-0.2, -0.15) is 8.78 Å². The number of carbonyl (C=O) groups excluding carboxylic acids is 1. The first-order valence-electron chi connectivity index (χ1n) is 10.2. The molecule has 8 heteroatoms. The van der Waals surface area contributed by atoms with E-state index in [0.717, 1.165) is 37.8 Å². The van der Waals surface area contributed by atoms with Crippen LogP contribution in [-0.4, -0.2) is 35.6 Å². The number of nitrogens with one attached hydrogen (secondary N) is 1. The number of hydrogen-bond acceptors (Lipinski definition) is 5. The number of carbonyl (C=O) groups is 1. The second-order valence-corrected chi connectivity index (χ2v) is 7.48. The van der Waals surface area contributed by atoms with Gasteiger partial charge < -0.3 is 14.8 Å². The van der Waals surface area contributed by atoms with Crippen molar-refractivity contribution >= 4 is 5.91 Å². The predicted molar refractivity (Wildman–Crippen MR) is 108 cm³/mol. The molecule has 1 atom stereocenters. The first-order chi connectivity index (χ1) is 14.5. The molecule has 3 rings (SSSR count). The molecule has 1 saturated carbocycles. The molecule has 0 bridgehead atoms. The summed E-state index contributed by atoms with van der Waals surface area (Å²) >= 11 is 0. The van der Waals surface area contributed by atoms with E-state index < -0.39 is 6.61 Å². The maximum Gasteiger partial charge on any atom is 0.387 e. The molecule has 0 aliphatic heterocycles. The van der Waals surface area contributed by atoms with E-state index in [0.29, 0.717) is 17.4 Å². The molecule has 0 aromatic carbocycles. The Morgan fingerprint density at radius 1 is 1.20 bits per heavy atom. The molecular formula is C22H27F2N3O3. The van der Waals surface area contributed by atoms with Crippen molar-refractivity contribution in [2.45, 2.75) is 57.6 Å². The zero-order chi connectivity index (χ0) is 21.5. The number of amides is 1. The van der Waals surface area contributed by atoms with Gasteiger partial charge in [0.25, 0.3) is 5.91 Å². The van der Waals surface area contributed by atoms with E-state index in [1.807, 2.05) is 0 Å². The van der Waals surface area contributed by atoms with Crippen LogP contribution in [0.5, 0.6) is 11.6 Å². The molecule has 2 aromatic heterocycles. The Hall–Kier alpha value is -2.77. The summed E-state index contributed by atoms with van der Waals surface area (Å²) in [5.74, 6) is 1.04. The number of rotatable bonds is 8. The summed E-state index contributed by atoms with van der Waals surface area (Å²) in [6.45, 7) is -0.776. The van der Waals surface area contributed by atoms with E-state index in [1.165, 1.54) is 25.6 Å². The van der Waals surface area contributed by atoms with Gasteiger partial charge in [-0.3, -0.25) is 9.78 Å². The fraction of sp³-hybridized carbons (Fsp3) is 0.500. The first kappa shape index (κ1) is 21.9. The van der Waals surface area contributed by atoms with E-state index in [-0.39, 0.29) is 23.6 Å². The zero-order valence-corrected chi connectivity index (χ0v) is 17.2. The number of ether oxygens (including phenoxy) is 2. The molecule has 1 aliphatic carbocycles. The summed E-state index contributed by atoms with van der Waals surface area (Å²) in [6, 6.07) is 6.48. The van der Waals surface area contributed by atoms with Crippen molar-refractivity contribution in [3.8, 4) is 11.6 Å². The summed E-state index contributed by atoms with van der Waals surface area (Å²) in [6.07, 6.45) is 7.52. The predicted octanol–water partition coefficient (Wildman–Crippen LogP) is 4.57. The van der Waals surface area contributed by atoms with Gasteiger partial charge in [-0.05, 0) is 50.2 Å². The van der Waals surface area contributed by atoms with Crippen molar-refractivity contribution in [2.24, 2.45) is 5.92 Å². The van der Waals surface area contributed by atoms with Crippen molar-refractivity contribution in [3.63, 3.8) is 0 Å². The highest BCUT2D eigenvalue weighted by atomic mass is 19.3. The third kappa shape index (κ3) is 5.64. The highest BCUT2D eigenvalue weighted by molar-refractivity contribution is 5.94. The molecule has 1 N–H and O–H groups in total. The van der Waals surface area contributed by atoms with Crippen LogP contribution >= 0.6 is 0 Å². The number of methoxy groups -OCH3 is 1. The molecule has 1 aliphatic rings. The van der Waals surface area contributed by atoms with Gasteiger partial charge in [0.05, 0.1) is 12.7 Å². The summed E-state index contributed by atoms with van der Waals surface area (Å²) in [5, 5.41) is 3.14. The van der Waals surface area contributed by atoms with Crippen LogP contribution in [0.1, 0.15) is 61.0 Å². The van der Waals surface area contributed by atoms with Gasteiger partial charge >= 0.3 is 6.61 Å². The number of pyridine rings is 2. The molecule has 0 saturated heterocycles.